The molecular weight excluding hydrogens is 336 g/mol. The third-order valence-corrected chi connectivity index (χ3v) is 5.17. The molecular formula is C20H21ClN2O2. The van der Waals surface area contributed by atoms with E-state index in [2.05, 4.69) is 36.1 Å². The third-order valence-electron chi connectivity index (χ3n) is 4.93. The first kappa shape index (κ1) is 16.3. The van der Waals surface area contributed by atoms with Crippen LogP contribution in [0.3, 0.4) is 0 Å². The third kappa shape index (κ3) is 3.31. The molecule has 2 aliphatic heterocycles. The number of ether oxygens (including phenoxy) is 1. The normalized spacial score (nSPS) is 19.5. The minimum atomic E-state index is -0.418. The number of rotatable bonds is 2. The summed E-state index contributed by atoms with van der Waals surface area (Å²) in [5, 5.41) is 0.683. The summed E-state index contributed by atoms with van der Waals surface area (Å²) in [6.07, 6.45) is 0.186. The van der Waals surface area contributed by atoms with Crippen molar-refractivity contribution in [3.8, 4) is 5.75 Å². The summed E-state index contributed by atoms with van der Waals surface area (Å²) in [6, 6.07) is 14.0. The second kappa shape index (κ2) is 6.60. The average Bonchev–Trinajstić information content (AvgIpc) is 3.04. The SMILES string of the molecule is Cc1cccc(N2CCN(C(=O)[C@H]3Cc4cc(Cl)ccc4O3)CC2)c1. The van der Waals surface area contributed by atoms with Crippen LogP contribution in [0.4, 0.5) is 5.69 Å². The molecule has 0 spiro atoms. The van der Waals surface area contributed by atoms with Crippen molar-refractivity contribution in [2.45, 2.75) is 19.4 Å². The Morgan fingerprint density at radius 2 is 1.92 bits per heavy atom. The molecule has 2 aromatic rings. The maximum absolute atomic E-state index is 12.8. The van der Waals surface area contributed by atoms with E-state index < -0.39 is 6.10 Å². The van der Waals surface area contributed by atoms with Crippen molar-refractivity contribution in [3.63, 3.8) is 0 Å². The number of fused-ring (bicyclic) bond motifs is 1. The molecule has 0 radical (unpaired) electrons. The van der Waals surface area contributed by atoms with Crippen LogP contribution in [0.25, 0.3) is 0 Å². The van der Waals surface area contributed by atoms with E-state index in [9.17, 15) is 4.79 Å². The largest absolute Gasteiger partial charge is 0.480 e. The standard InChI is InChI=1S/C20H21ClN2O2/c1-14-3-2-4-17(11-14)22-7-9-23(10-8-22)20(24)19-13-15-12-16(21)5-6-18(15)25-19/h2-6,11-12,19H,7-10,13H2,1H3/t19-/m1/s1. The maximum atomic E-state index is 12.8. The summed E-state index contributed by atoms with van der Waals surface area (Å²) in [5.41, 5.74) is 3.50. The molecule has 2 heterocycles. The molecule has 1 fully saturated rings. The summed E-state index contributed by atoms with van der Waals surface area (Å²) in [6.45, 7) is 5.25. The van der Waals surface area contributed by atoms with Gasteiger partial charge in [-0.05, 0) is 48.4 Å². The smallest absolute Gasteiger partial charge is 0.264 e. The van der Waals surface area contributed by atoms with Gasteiger partial charge in [-0.15, -0.1) is 0 Å². The van der Waals surface area contributed by atoms with Crippen molar-refractivity contribution in [2.75, 3.05) is 31.1 Å². The number of carbonyl (C=O) groups is 1. The van der Waals surface area contributed by atoms with Gasteiger partial charge in [0.15, 0.2) is 6.10 Å². The van der Waals surface area contributed by atoms with Gasteiger partial charge in [0.25, 0.3) is 5.91 Å². The van der Waals surface area contributed by atoms with E-state index in [0.29, 0.717) is 11.4 Å². The number of halogens is 1. The molecule has 4 rings (SSSR count). The second-order valence-corrected chi connectivity index (χ2v) is 7.15. The van der Waals surface area contributed by atoms with Crippen LogP contribution in [-0.4, -0.2) is 43.1 Å². The van der Waals surface area contributed by atoms with Crippen molar-refractivity contribution in [3.05, 3.63) is 58.6 Å². The number of hydrogen-bond donors (Lipinski definition) is 0. The quantitative estimate of drug-likeness (QED) is 0.827. The first-order valence-electron chi connectivity index (χ1n) is 8.65. The Hall–Kier alpha value is -2.20. The van der Waals surface area contributed by atoms with Crippen LogP contribution >= 0.6 is 11.6 Å². The number of aryl methyl sites for hydroxylation is 1. The highest BCUT2D eigenvalue weighted by molar-refractivity contribution is 6.30. The molecule has 1 amide bonds. The van der Waals surface area contributed by atoms with Gasteiger partial charge < -0.3 is 14.5 Å². The van der Waals surface area contributed by atoms with Gasteiger partial charge in [0.05, 0.1) is 0 Å². The van der Waals surface area contributed by atoms with E-state index in [1.165, 1.54) is 11.3 Å². The first-order chi connectivity index (χ1) is 12.1. The second-order valence-electron chi connectivity index (χ2n) is 6.71. The number of piperazine rings is 1. The van der Waals surface area contributed by atoms with Gasteiger partial charge in [0.1, 0.15) is 5.75 Å². The summed E-state index contributed by atoms with van der Waals surface area (Å²) in [7, 11) is 0. The topological polar surface area (TPSA) is 32.8 Å². The highest BCUT2D eigenvalue weighted by Crippen LogP contribution is 2.32. The molecule has 0 unspecified atom stereocenters. The van der Waals surface area contributed by atoms with Crippen LogP contribution in [-0.2, 0) is 11.2 Å². The first-order valence-corrected chi connectivity index (χ1v) is 9.03. The Labute approximate surface area is 152 Å². The maximum Gasteiger partial charge on any atom is 0.264 e. The van der Waals surface area contributed by atoms with Gasteiger partial charge in [-0.3, -0.25) is 4.79 Å². The highest BCUT2D eigenvalue weighted by Gasteiger charge is 2.33. The molecule has 130 valence electrons. The minimum Gasteiger partial charge on any atom is -0.480 e. The molecule has 1 saturated heterocycles. The van der Waals surface area contributed by atoms with Crippen LogP contribution in [0.5, 0.6) is 5.75 Å². The zero-order valence-corrected chi connectivity index (χ0v) is 15.0. The lowest BCUT2D eigenvalue weighted by atomic mass is 10.1. The molecule has 2 aromatic carbocycles. The van der Waals surface area contributed by atoms with Crippen LogP contribution < -0.4 is 9.64 Å². The van der Waals surface area contributed by atoms with Crippen molar-refractivity contribution >= 4 is 23.2 Å². The molecule has 0 bridgehead atoms. The Kier molecular flexibility index (Phi) is 4.30. The van der Waals surface area contributed by atoms with E-state index in [1.807, 2.05) is 17.0 Å². The molecule has 4 nitrogen and oxygen atoms in total. The Morgan fingerprint density at radius 1 is 1.12 bits per heavy atom. The van der Waals surface area contributed by atoms with E-state index in [1.54, 1.807) is 6.07 Å². The van der Waals surface area contributed by atoms with Gasteiger partial charge in [-0.25, -0.2) is 0 Å². The molecule has 25 heavy (non-hydrogen) atoms. The predicted octanol–water partition coefficient (Wildman–Crippen LogP) is 3.30. The molecule has 1 atom stereocenters. The van der Waals surface area contributed by atoms with Crippen molar-refractivity contribution < 1.29 is 9.53 Å². The van der Waals surface area contributed by atoms with E-state index in [0.717, 1.165) is 37.5 Å². The predicted molar refractivity (Wildman–Crippen MR) is 99.5 cm³/mol. The molecule has 5 heteroatoms. The number of carbonyl (C=O) groups excluding carboxylic acids is 1. The van der Waals surface area contributed by atoms with E-state index >= 15 is 0 Å². The minimum absolute atomic E-state index is 0.0798. The summed E-state index contributed by atoms with van der Waals surface area (Å²) in [5.74, 6) is 0.859. The van der Waals surface area contributed by atoms with Crippen molar-refractivity contribution in [1.29, 1.82) is 0 Å². The summed E-state index contributed by atoms with van der Waals surface area (Å²) in [4.78, 5) is 17.1. The van der Waals surface area contributed by atoms with Gasteiger partial charge >= 0.3 is 0 Å². The fraction of sp³-hybridized carbons (Fsp3) is 0.350. The monoisotopic (exact) mass is 356 g/mol. The van der Waals surface area contributed by atoms with E-state index in [-0.39, 0.29) is 5.91 Å². The fourth-order valence-corrected chi connectivity index (χ4v) is 3.76. The van der Waals surface area contributed by atoms with Crippen LogP contribution in [0.15, 0.2) is 42.5 Å². The lowest BCUT2D eigenvalue weighted by Gasteiger charge is -2.37. The molecule has 0 aromatic heterocycles. The lowest BCUT2D eigenvalue weighted by Crippen LogP contribution is -2.52. The van der Waals surface area contributed by atoms with Crippen LogP contribution in [0, 0.1) is 6.92 Å². The lowest BCUT2D eigenvalue weighted by molar-refractivity contribution is -0.138. The summed E-state index contributed by atoms with van der Waals surface area (Å²) < 4.78 is 5.84. The van der Waals surface area contributed by atoms with Gasteiger partial charge in [0, 0.05) is 43.3 Å². The zero-order chi connectivity index (χ0) is 17.4. The van der Waals surface area contributed by atoms with Gasteiger partial charge in [-0.2, -0.15) is 0 Å². The Bertz CT molecular complexity index is 800. The molecule has 0 aliphatic carbocycles. The fourth-order valence-electron chi connectivity index (χ4n) is 3.57. The molecule has 2 aliphatic rings. The van der Waals surface area contributed by atoms with E-state index in [4.69, 9.17) is 16.3 Å². The van der Waals surface area contributed by atoms with Crippen molar-refractivity contribution in [2.24, 2.45) is 0 Å². The Balaban J connectivity index is 1.37. The average molecular weight is 357 g/mol. The molecule has 0 N–H and O–H groups in total. The number of hydrogen-bond acceptors (Lipinski definition) is 3. The number of anilines is 1. The van der Waals surface area contributed by atoms with Crippen molar-refractivity contribution in [1.82, 2.24) is 4.90 Å². The number of benzene rings is 2. The summed E-state index contributed by atoms with van der Waals surface area (Å²) >= 11 is 6.03. The highest BCUT2D eigenvalue weighted by atomic mass is 35.5. The Morgan fingerprint density at radius 3 is 2.68 bits per heavy atom. The zero-order valence-electron chi connectivity index (χ0n) is 14.2. The number of nitrogens with zero attached hydrogens (tertiary/aromatic N) is 2. The van der Waals surface area contributed by atoms with Crippen LogP contribution in [0.1, 0.15) is 11.1 Å². The number of amides is 1. The van der Waals surface area contributed by atoms with Gasteiger partial charge in [-0.1, -0.05) is 23.7 Å². The van der Waals surface area contributed by atoms with Crippen LogP contribution in [0.2, 0.25) is 5.02 Å². The molecule has 0 saturated carbocycles. The van der Waals surface area contributed by atoms with Gasteiger partial charge in [0.2, 0.25) is 0 Å².